The molecule has 0 bridgehead atoms. The third-order valence-electron chi connectivity index (χ3n) is 13.8. The summed E-state index contributed by atoms with van der Waals surface area (Å²) in [5.74, 6) is -0.917. The van der Waals surface area contributed by atoms with Crippen LogP contribution in [0.3, 0.4) is 0 Å². The van der Waals surface area contributed by atoms with E-state index in [1.165, 1.54) is 89.9 Å². The highest BCUT2D eigenvalue weighted by Crippen LogP contribution is 2.16. The number of unbranched alkanes of at least 4 members (excludes halogenated alkanes) is 24. The van der Waals surface area contributed by atoms with Crippen LogP contribution in [0, 0.1) is 0 Å². The molecule has 0 amide bonds. The topological polar surface area (TPSA) is 78.9 Å². The number of rotatable bonds is 59. The first kappa shape index (κ1) is 76.3. The van der Waals surface area contributed by atoms with Crippen molar-refractivity contribution in [1.82, 2.24) is 0 Å². The van der Waals surface area contributed by atoms with Gasteiger partial charge in [0.1, 0.15) is 13.2 Å². The van der Waals surface area contributed by atoms with Crippen LogP contribution in [0.25, 0.3) is 0 Å². The number of ether oxygens (including phenoxy) is 3. The zero-order valence-corrected chi connectivity index (χ0v) is 52.5. The van der Waals surface area contributed by atoms with Gasteiger partial charge in [-0.25, -0.2) is 0 Å². The fourth-order valence-corrected chi connectivity index (χ4v) is 8.92. The van der Waals surface area contributed by atoms with Crippen LogP contribution >= 0.6 is 0 Å². The van der Waals surface area contributed by atoms with Crippen LogP contribution in [0.2, 0.25) is 0 Å². The van der Waals surface area contributed by atoms with Gasteiger partial charge in [-0.1, -0.05) is 295 Å². The van der Waals surface area contributed by atoms with Crippen molar-refractivity contribution in [1.29, 1.82) is 0 Å². The Labute approximate surface area is 499 Å². The zero-order valence-electron chi connectivity index (χ0n) is 52.5. The molecule has 0 heterocycles. The molecule has 0 rings (SSSR count). The molecule has 81 heavy (non-hydrogen) atoms. The number of allylic oxidation sites excluding steroid dienone is 24. The lowest BCUT2D eigenvalue weighted by molar-refractivity contribution is -0.167. The van der Waals surface area contributed by atoms with Crippen molar-refractivity contribution in [2.45, 2.75) is 297 Å². The molecule has 1 unspecified atom stereocenters. The van der Waals surface area contributed by atoms with Gasteiger partial charge in [0.2, 0.25) is 0 Å². The van der Waals surface area contributed by atoms with E-state index in [9.17, 15) is 14.4 Å². The number of hydrogen-bond acceptors (Lipinski definition) is 6. The van der Waals surface area contributed by atoms with E-state index in [2.05, 4.69) is 167 Å². The predicted octanol–water partition coefficient (Wildman–Crippen LogP) is 23.1. The van der Waals surface area contributed by atoms with Crippen LogP contribution in [0.5, 0.6) is 0 Å². The Morgan fingerprint density at radius 3 is 0.753 bits per heavy atom. The Morgan fingerprint density at radius 2 is 0.481 bits per heavy atom. The maximum absolute atomic E-state index is 12.9. The molecule has 0 N–H and O–H groups in total. The smallest absolute Gasteiger partial charge is 0.306 e. The number of carbonyl (C=O) groups is 3. The van der Waals surface area contributed by atoms with Gasteiger partial charge in [0, 0.05) is 19.3 Å². The number of esters is 3. The monoisotopic (exact) mass is 1120 g/mol. The Bertz CT molecular complexity index is 1760. The van der Waals surface area contributed by atoms with Crippen molar-refractivity contribution in [3.8, 4) is 0 Å². The SMILES string of the molecule is CC/C=C\C/C=C\C/C=C\C/C=C\C/C=C\C/C=C\C/C=C\C/C=C\C/C=C\CCCCCCCC(=O)OCC(COC(=O)CCCCCCCCCCCCCCC)OC(=O)CCCCCCCCC/C=C\C/C=C\C/C=C\CC. The van der Waals surface area contributed by atoms with E-state index in [0.29, 0.717) is 19.3 Å². The van der Waals surface area contributed by atoms with E-state index in [0.717, 1.165) is 161 Å². The summed E-state index contributed by atoms with van der Waals surface area (Å²) < 4.78 is 16.9. The van der Waals surface area contributed by atoms with Crippen molar-refractivity contribution in [2.75, 3.05) is 13.2 Å². The lowest BCUT2D eigenvalue weighted by Crippen LogP contribution is -2.30. The Morgan fingerprint density at radius 1 is 0.259 bits per heavy atom. The fraction of sp³-hybridized carbons (Fsp3) is 0.640. The molecule has 0 aliphatic carbocycles. The van der Waals surface area contributed by atoms with E-state index in [-0.39, 0.29) is 31.1 Å². The standard InChI is InChI=1S/C75H122O6/c1-4-7-10-13-16-19-22-25-27-29-30-31-32-33-34-35-36-37-38-39-40-41-42-43-44-46-47-50-53-56-59-62-65-68-74(77)80-71-72(70-79-73(76)67-64-61-58-55-52-49-24-21-18-15-12-9-6-3)81-75(78)69-66-63-60-57-54-51-48-45-28-26-23-20-17-14-11-8-5-2/h7-8,10-11,16-17,19-20,25-28,30-31,33-34,36-37,39-40,42-43,46-47,72H,4-6,9,12-15,18,21-24,29,32,35,38,41,44-45,48-71H2,1-3H3/b10-7-,11-8-,19-16-,20-17-,27-25-,28-26-,31-30-,34-33-,37-36-,40-39-,43-42-,47-46-. The normalized spacial score (nSPS) is 13.1. The maximum atomic E-state index is 12.9. The molecular weight excluding hydrogens is 997 g/mol. The highest BCUT2D eigenvalue weighted by atomic mass is 16.6. The van der Waals surface area contributed by atoms with Crippen molar-refractivity contribution in [3.05, 3.63) is 146 Å². The van der Waals surface area contributed by atoms with Gasteiger partial charge >= 0.3 is 17.9 Å². The summed E-state index contributed by atoms with van der Waals surface area (Å²) in [5.41, 5.74) is 0. The van der Waals surface area contributed by atoms with Gasteiger partial charge in [0.05, 0.1) is 0 Å². The van der Waals surface area contributed by atoms with E-state index in [1.54, 1.807) is 0 Å². The summed E-state index contributed by atoms with van der Waals surface area (Å²) in [6.45, 7) is 6.40. The number of hydrogen-bond donors (Lipinski definition) is 0. The van der Waals surface area contributed by atoms with Gasteiger partial charge in [-0.2, -0.15) is 0 Å². The largest absolute Gasteiger partial charge is 0.462 e. The van der Waals surface area contributed by atoms with Gasteiger partial charge in [-0.05, 0) is 122 Å². The summed E-state index contributed by atoms with van der Waals surface area (Å²) in [4.78, 5) is 38.3. The van der Waals surface area contributed by atoms with E-state index < -0.39 is 6.10 Å². The third kappa shape index (κ3) is 66.0. The Hall–Kier alpha value is -4.71. The van der Waals surface area contributed by atoms with Gasteiger partial charge in [0.25, 0.3) is 0 Å². The molecule has 0 aliphatic heterocycles. The molecule has 0 aliphatic rings. The minimum atomic E-state index is -0.796. The van der Waals surface area contributed by atoms with Crippen molar-refractivity contribution >= 4 is 17.9 Å². The molecule has 6 heteroatoms. The second kappa shape index (κ2) is 67.8. The second-order valence-corrected chi connectivity index (χ2v) is 21.6. The average Bonchev–Trinajstić information content (AvgIpc) is 3.46. The Balaban J connectivity index is 4.34. The third-order valence-corrected chi connectivity index (χ3v) is 13.8. The molecule has 0 aromatic rings. The minimum Gasteiger partial charge on any atom is -0.462 e. The van der Waals surface area contributed by atoms with Gasteiger partial charge < -0.3 is 14.2 Å². The molecule has 1 atom stereocenters. The summed E-state index contributed by atoms with van der Waals surface area (Å²) >= 11 is 0. The van der Waals surface area contributed by atoms with Gasteiger partial charge in [-0.15, -0.1) is 0 Å². The highest BCUT2D eigenvalue weighted by molar-refractivity contribution is 5.71. The molecule has 6 nitrogen and oxygen atoms in total. The van der Waals surface area contributed by atoms with Crippen molar-refractivity contribution < 1.29 is 28.6 Å². The van der Waals surface area contributed by atoms with Crippen LogP contribution in [0.15, 0.2) is 146 Å². The molecule has 0 spiro atoms. The number of carbonyl (C=O) groups excluding carboxylic acids is 3. The summed E-state index contributed by atoms with van der Waals surface area (Å²) in [6, 6.07) is 0. The molecule has 458 valence electrons. The molecule has 0 aromatic heterocycles. The average molecular weight is 1120 g/mol. The van der Waals surface area contributed by atoms with Crippen LogP contribution in [0.4, 0.5) is 0 Å². The van der Waals surface area contributed by atoms with Gasteiger partial charge in [0.15, 0.2) is 6.10 Å². The summed E-state index contributed by atoms with van der Waals surface area (Å²) in [5, 5.41) is 0. The first-order chi connectivity index (χ1) is 40.0. The van der Waals surface area contributed by atoms with Gasteiger partial charge in [-0.3, -0.25) is 14.4 Å². The molecule has 0 fully saturated rings. The van der Waals surface area contributed by atoms with E-state index in [4.69, 9.17) is 14.2 Å². The van der Waals surface area contributed by atoms with Crippen LogP contribution in [0.1, 0.15) is 290 Å². The lowest BCUT2D eigenvalue weighted by atomic mass is 10.0. The molecule has 0 saturated heterocycles. The predicted molar refractivity (Wildman–Crippen MR) is 352 cm³/mol. The van der Waals surface area contributed by atoms with Crippen LogP contribution in [-0.4, -0.2) is 37.2 Å². The van der Waals surface area contributed by atoms with E-state index in [1.807, 2.05) is 0 Å². The first-order valence-corrected chi connectivity index (χ1v) is 33.3. The lowest BCUT2D eigenvalue weighted by Gasteiger charge is -2.18. The first-order valence-electron chi connectivity index (χ1n) is 33.3. The molecular formula is C75H122O6. The quantitative estimate of drug-likeness (QED) is 0.0261. The Kier molecular flexibility index (Phi) is 63.9. The molecule has 0 saturated carbocycles. The maximum Gasteiger partial charge on any atom is 0.306 e. The zero-order chi connectivity index (χ0) is 58.5. The minimum absolute atomic E-state index is 0.0901. The highest BCUT2D eigenvalue weighted by Gasteiger charge is 2.19. The molecule has 0 radical (unpaired) electrons. The van der Waals surface area contributed by atoms with Crippen molar-refractivity contribution in [3.63, 3.8) is 0 Å². The van der Waals surface area contributed by atoms with E-state index >= 15 is 0 Å². The fourth-order valence-electron chi connectivity index (χ4n) is 8.92. The summed E-state index contributed by atoms with van der Waals surface area (Å²) in [6.07, 6.45) is 97.1. The summed E-state index contributed by atoms with van der Waals surface area (Å²) in [7, 11) is 0. The molecule has 0 aromatic carbocycles. The van der Waals surface area contributed by atoms with Crippen LogP contribution < -0.4 is 0 Å². The van der Waals surface area contributed by atoms with Crippen LogP contribution in [-0.2, 0) is 28.6 Å². The second-order valence-electron chi connectivity index (χ2n) is 21.6. The van der Waals surface area contributed by atoms with Crippen molar-refractivity contribution in [2.24, 2.45) is 0 Å².